The number of carbonyl (C=O) groups is 2. The van der Waals surface area contributed by atoms with E-state index >= 15 is 0 Å². The maximum absolute atomic E-state index is 13.9. The van der Waals surface area contributed by atoms with Crippen molar-refractivity contribution < 1.29 is 18.7 Å². The lowest BCUT2D eigenvalue weighted by Gasteiger charge is -2.23. The summed E-state index contributed by atoms with van der Waals surface area (Å²) in [4.78, 5) is 25.3. The van der Waals surface area contributed by atoms with E-state index in [1.54, 1.807) is 41.3 Å². The van der Waals surface area contributed by atoms with Gasteiger partial charge in [0.05, 0.1) is 5.56 Å². The summed E-state index contributed by atoms with van der Waals surface area (Å²) in [6.45, 7) is 0.0355. The van der Waals surface area contributed by atoms with Crippen LogP contribution in [0.2, 0.25) is 0 Å². The fourth-order valence-electron chi connectivity index (χ4n) is 2.58. The van der Waals surface area contributed by atoms with Crippen molar-refractivity contribution in [1.29, 1.82) is 0 Å². The Kier molecular flexibility index (Phi) is 5.48. The molecular formula is C19H17BrFNO3. The SMILES string of the molecule is O=Cc1cc(Br)ccc1OCC(=O)N(Cc1ccccc1F)C1CC1. The summed E-state index contributed by atoms with van der Waals surface area (Å²) in [5, 5.41) is 0. The van der Waals surface area contributed by atoms with Crippen LogP contribution in [0.1, 0.15) is 28.8 Å². The number of nitrogens with zero attached hydrogens (tertiary/aromatic N) is 1. The molecular weight excluding hydrogens is 389 g/mol. The summed E-state index contributed by atoms with van der Waals surface area (Å²) in [5.41, 5.74) is 0.856. The largest absolute Gasteiger partial charge is 0.483 e. The molecule has 0 aliphatic heterocycles. The maximum atomic E-state index is 13.9. The Morgan fingerprint density at radius 1 is 1.28 bits per heavy atom. The van der Waals surface area contributed by atoms with Crippen molar-refractivity contribution in [3.8, 4) is 5.75 Å². The predicted octanol–water partition coefficient (Wildman–Crippen LogP) is 3.97. The fraction of sp³-hybridized carbons (Fsp3) is 0.263. The van der Waals surface area contributed by atoms with Crippen molar-refractivity contribution in [2.45, 2.75) is 25.4 Å². The summed E-state index contributed by atoms with van der Waals surface area (Å²) < 4.78 is 20.2. The highest BCUT2D eigenvalue weighted by molar-refractivity contribution is 9.10. The monoisotopic (exact) mass is 405 g/mol. The van der Waals surface area contributed by atoms with Gasteiger partial charge in [-0.25, -0.2) is 4.39 Å². The number of halogens is 2. The van der Waals surface area contributed by atoms with E-state index in [9.17, 15) is 14.0 Å². The lowest BCUT2D eigenvalue weighted by atomic mass is 10.2. The second-order valence-electron chi connectivity index (χ2n) is 5.93. The first-order chi connectivity index (χ1) is 12.1. The number of aldehydes is 1. The number of rotatable bonds is 7. The summed E-state index contributed by atoms with van der Waals surface area (Å²) >= 11 is 3.29. The Morgan fingerprint density at radius 2 is 2.04 bits per heavy atom. The van der Waals surface area contributed by atoms with Gasteiger partial charge >= 0.3 is 0 Å². The van der Waals surface area contributed by atoms with E-state index in [1.807, 2.05) is 0 Å². The zero-order chi connectivity index (χ0) is 17.8. The lowest BCUT2D eigenvalue weighted by Crippen LogP contribution is -2.36. The van der Waals surface area contributed by atoms with Gasteiger partial charge in [0.25, 0.3) is 5.91 Å². The van der Waals surface area contributed by atoms with Crippen LogP contribution in [0.3, 0.4) is 0 Å². The number of benzene rings is 2. The minimum atomic E-state index is -0.321. The first kappa shape index (κ1) is 17.6. The van der Waals surface area contributed by atoms with Crippen molar-refractivity contribution in [2.75, 3.05) is 6.61 Å². The van der Waals surface area contributed by atoms with E-state index in [1.165, 1.54) is 6.07 Å². The van der Waals surface area contributed by atoms with Crippen molar-refractivity contribution >= 4 is 28.1 Å². The van der Waals surface area contributed by atoms with Crippen molar-refractivity contribution in [3.05, 3.63) is 63.9 Å². The lowest BCUT2D eigenvalue weighted by molar-refractivity contribution is -0.134. The smallest absolute Gasteiger partial charge is 0.261 e. The van der Waals surface area contributed by atoms with E-state index in [2.05, 4.69) is 15.9 Å². The van der Waals surface area contributed by atoms with E-state index in [0.717, 1.165) is 17.3 Å². The number of hydrogen-bond acceptors (Lipinski definition) is 3. The molecule has 0 unspecified atom stereocenters. The number of hydrogen-bond donors (Lipinski definition) is 0. The standard InChI is InChI=1S/C19H17BrFNO3/c20-15-5-8-18(14(9-15)11-23)25-12-19(24)22(16-6-7-16)10-13-3-1-2-4-17(13)21/h1-5,8-9,11,16H,6-7,10,12H2. The Labute approximate surface area is 153 Å². The molecule has 0 radical (unpaired) electrons. The van der Waals surface area contributed by atoms with Crippen LogP contribution in [-0.2, 0) is 11.3 Å². The number of carbonyl (C=O) groups excluding carboxylic acids is 2. The van der Waals surface area contributed by atoms with Crippen LogP contribution in [0, 0.1) is 5.82 Å². The number of amides is 1. The van der Waals surface area contributed by atoms with Crippen LogP contribution in [0.4, 0.5) is 4.39 Å². The molecule has 6 heteroatoms. The molecule has 0 spiro atoms. The van der Waals surface area contributed by atoms with Gasteiger partial charge in [-0.3, -0.25) is 9.59 Å². The Bertz CT molecular complexity index is 792. The Balaban J connectivity index is 1.68. The summed E-state index contributed by atoms with van der Waals surface area (Å²) in [6.07, 6.45) is 2.51. The molecule has 25 heavy (non-hydrogen) atoms. The molecule has 1 amide bonds. The van der Waals surface area contributed by atoms with Gasteiger partial charge in [-0.05, 0) is 37.1 Å². The Morgan fingerprint density at radius 3 is 2.72 bits per heavy atom. The third-order valence-electron chi connectivity index (χ3n) is 4.06. The highest BCUT2D eigenvalue weighted by Crippen LogP contribution is 2.29. The molecule has 0 aromatic heterocycles. The molecule has 0 atom stereocenters. The van der Waals surface area contributed by atoms with E-state index < -0.39 is 0 Å². The third-order valence-corrected chi connectivity index (χ3v) is 4.55. The molecule has 2 aromatic carbocycles. The average molecular weight is 406 g/mol. The quantitative estimate of drug-likeness (QED) is 0.654. The second-order valence-corrected chi connectivity index (χ2v) is 6.85. The topological polar surface area (TPSA) is 46.6 Å². The van der Waals surface area contributed by atoms with Gasteiger partial charge in [-0.15, -0.1) is 0 Å². The second kappa shape index (κ2) is 7.78. The molecule has 3 rings (SSSR count). The van der Waals surface area contributed by atoms with Gasteiger partial charge in [0.1, 0.15) is 11.6 Å². The summed E-state index contributed by atoms with van der Waals surface area (Å²) in [5.74, 6) is -0.184. The molecule has 130 valence electrons. The predicted molar refractivity (Wildman–Crippen MR) is 95.0 cm³/mol. The van der Waals surface area contributed by atoms with E-state index in [-0.39, 0.29) is 30.9 Å². The molecule has 0 bridgehead atoms. The molecule has 1 fully saturated rings. The zero-order valence-corrected chi connectivity index (χ0v) is 15.0. The molecule has 2 aromatic rings. The van der Waals surface area contributed by atoms with Gasteiger partial charge in [-0.1, -0.05) is 34.1 Å². The number of ether oxygens (including phenoxy) is 1. The van der Waals surface area contributed by atoms with Crippen LogP contribution in [0.15, 0.2) is 46.9 Å². The molecule has 1 saturated carbocycles. The van der Waals surface area contributed by atoms with E-state index in [0.29, 0.717) is 23.2 Å². The van der Waals surface area contributed by atoms with Gasteiger partial charge in [0, 0.05) is 22.6 Å². The summed E-state index contributed by atoms with van der Waals surface area (Å²) in [6, 6.07) is 11.6. The van der Waals surface area contributed by atoms with Gasteiger partial charge < -0.3 is 9.64 Å². The first-order valence-electron chi connectivity index (χ1n) is 7.99. The molecule has 1 aliphatic carbocycles. The average Bonchev–Trinajstić information content (AvgIpc) is 3.44. The van der Waals surface area contributed by atoms with Crippen molar-refractivity contribution in [1.82, 2.24) is 4.90 Å². The molecule has 1 aliphatic rings. The normalized spacial score (nSPS) is 13.4. The van der Waals surface area contributed by atoms with Crippen LogP contribution < -0.4 is 4.74 Å². The Hall–Kier alpha value is -2.21. The third kappa shape index (κ3) is 4.45. The zero-order valence-electron chi connectivity index (χ0n) is 13.5. The van der Waals surface area contributed by atoms with Gasteiger partial charge in [-0.2, -0.15) is 0 Å². The summed E-state index contributed by atoms with van der Waals surface area (Å²) in [7, 11) is 0. The molecule has 0 heterocycles. The van der Waals surface area contributed by atoms with E-state index in [4.69, 9.17) is 4.74 Å². The van der Waals surface area contributed by atoms with Crippen LogP contribution in [-0.4, -0.2) is 29.7 Å². The van der Waals surface area contributed by atoms with Crippen molar-refractivity contribution in [2.24, 2.45) is 0 Å². The molecule has 0 N–H and O–H groups in total. The van der Waals surface area contributed by atoms with Crippen LogP contribution in [0.25, 0.3) is 0 Å². The van der Waals surface area contributed by atoms with Crippen molar-refractivity contribution in [3.63, 3.8) is 0 Å². The maximum Gasteiger partial charge on any atom is 0.261 e. The minimum Gasteiger partial charge on any atom is -0.483 e. The fourth-order valence-corrected chi connectivity index (χ4v) is 2.96. The highest BCUT2D eigenvalue weighted by Gasteiger charge is 2.33. The van der Waals surface area contributed by atoms with Gasteiger partial charge in [0.2, 0.25) is 0 Å². The van der Waals surface area contributed by atoms with Gasteiger partial charge in [0.15, 0.2) is 12.9 Å². The van der Waals surface area contributed by atoms with Crippen LogP contribution in [0.5, 0.6) is 5.75 Å². The minimum absolute atomic E-state index is 0.131. The van der Waals surface area contributed by atoms with Crippen LogP contribution >= 0.6 is 15.9 Å². The molecule has 4 nitrogen and oxygen atoms in total. The molecule has 0 saturated heterocycles. The first-order valence-corrected chi connectivity index (χ1v) is 8.78. The highest BCUT2D eigenvalue weighted by atomic mass is 79.9.